The van der Waals surface area contributed by atoms with Gasteiger partial charge in [0, 0.05) is 0 Å². The summed E-state index contributed by atoms with van der Waals surface area (Å²) in [7, 11) is 0. The zero-order valence-electron chi connectivity index (χ0n) is 14.3. The van der Waals surface area contributed by atoms with Gasteiger partial charge in [0.25, 0.3) is 0 Å². The normalized spacial score (nSPS) is 18.4. The van der Waals surface area contributed by atoms with Crippen molar-refractivity contribution in [2.75, 3.05) is 0 Å². The van der Waals surface area contributed by atoms with Gasteiger partial charge in [0.05, 0.1) is 0 Å². The maximum absolute atomic E-state index is 13.2. The first-order chi connectivity index (χ1) is 12.7. The summed E-state index contributed by atoms with van der Waals surface area (Å²) in [4.78, 5) is 13.2. The molecule has 3 aromatic carbocycles. The van der Waals surface area contributed by atoms with E-state index < -0.39 is 0 Å². The monoisotopic (exact) mass is 403 g/mol. The first-order valence-electron chi connectivity index (χ1n) is 8.54. The van der Waals surface area contributed by atoms with Crippen LogP contribution in [0.5, 0.6) is 0 Å². The number of carbonyl (C=O) groups is 1. The van der Waals surface area contributed by atoms with Crippen LogP contribution in [0.15, 0.2) is 72.8 Å². The van der Waals surface area contributed by atoms with Gasteiger partial charge in [-0.25, -0.2) is 0 Å². The molecule has 2 unspecified atom stereocenters. The first kappa shape index (κ1) is 16.8. The van der Waals surface area contributed by atoms with E-state index in [1.165, 1.54) is 4.46 Å². The Morgan fingerprint density at radius 3 is 2.35 bits per heavy atom. The molecular weight excluding hydrogens is 385 g/mol. The van der Waals surface area contributed by atoms with Crippen molar-refractivity contribution in [1.29, 1.82) is 5.26 Å². The Kier molecular flexibility index (Phi) is 4.47. The fourth-order valence-corrected chi connectivity index (χ4v) is 6.19. The van der Waals surface area contributed by atoms with Crippen molar-refractivity contribution >= 4 is 25.2 Å². The molecule has 3 aromatic rings. The second-order valence-electron chi connectivity index (χ2n) is 6.47. The molecule has 0 amide bonds. The first-order valence-corrected chi connectivity index (χ1v) is 10.4. The molecule has 4 rings (SSSR count). The van der Waals surface area contributed by atoms with E-state index in [0.29, 0.717) is 5.56 Å². The van der Waals surface area contributed by atoms with Crippen LogP contribution < -0.4 is 4.46 Å². The molecule has 0 fully saturated rings. The zero-order chi connectivity index (χ0) is 18.1. The van der Waals surface area contributed by atoms with Crippen molar-refractivity contribution in [3.63, 3.8) is 0 Å². The van der Waals surface area contributed by atoms with E-state index in [1.807, 2.05) is 67.6 Å². The second-order valence-corrected chi connectivity index (χ2v) is 9.01. The summed E-state index contributed by atoms with van der Waals surface area (Å²) in [6.45, 7) is 2.01. The van der Waals surface area contributed by atoms with E-state index in [9.17, 15) is 10.1 Å². The molecule has 1 aliphatic carbocycles. The average Bonchev–Trinajstić information content (AvgIpc) is 2.76. The summed E-state index contributed by atoms with van der Waals surface area (Å²) in [5.41, 5.74) is 4.35. The minimum atomic E-state index is -0.322. The molecule has 0 heterocycles. The number of aryl methyl sites for hydroxylation is 1. The van der Waals surface area contributed by atoms with Crippen LogP contribution in [0.2, 0.25) is 0 Å². The quantitative estimate of drug-likeness (QED) is 0.610. The van der Waals surface area contributed by atoms with Gasteiger partial charge in [-0.05, 0) is 0 Å². The molecule has 26 heavy (non-hydrogen) atoms. The molecule has 0 spiro atoms. The Labute approximate surface area is 159 Å². The number of rotatable bonds is 2. The number of nitrogens with zero attached hydrogens (tertiary/aromatic N) is 1. The fourth-order valence-electron chi connectivity index (χ4n) is 3.50. The van der Waals surface area contributed by atoms with Crippen molar-refractivity contribution in [1.82, 2.24) is 0 Å². The molecule has 0 bridgehead atoms. The Hall–Kier alpha value is -2.66. The van der Waals surface area contributed by atoms with Crippen LogP contribution in [-0.2, 0) is 0 Å². The Bertz CT molecular complexity index is 1020. The van der Waals surface area contributed by atoms with Gasteiger partial charge in [0.15, 0.2) is 0 Å². The van der Waals surface area contributed by atoms with Crippen molar-refractivity contribution in [2.45, 2.75) is 17.7 Å². The third-order valence-corrected chi connectivity index (χ3v) is 7.53. The second kappa shape index (κ2) is 6.92. The number of carbonyl (C=O) groups excluding carboxylic acids is 1. The molecule has 1 aliphatic rings. The van der Waals surface area contributed by atoms with Crippen LogP contribution in [-0.4, -0.2) is 20.7 Å². The molecule has 2 atom stereocenters. The molecule has 126 valence electrons. The number of ketones is 1. The van der Waals surface area contributed by atoms with Crippen LogP contribution >= 0.6 is 0 Å². The fraction of sp³-hybridized carbons (Fsp3) is 0.130. The predicted octanol–water partition coefficient (Wildman–Crippen LogP) is 3.92. The molecular formula is C23H17NOSe. The van der Waals surface area contributed by atoms with Crippen molar-refractivity contribution < 1.29 is 4.79 Å². The van der Waals surface area contributed by atoms with Gasteiger partial charge < -0.3 is 0 Å². The van der Waals surface area contributed by atoms with Gasteiger partial charge in [-0.3, -0.25) is 0 Å². The molecule has 0 saturated carbocycles. The average molecular weight is 402 g/mol. The van der Waals surface area contributed by atoms with E-state index in [1.54, 1.807) is 0 Å². The SMILES string of the molecule is Cc1ccc2c(c1)C(C#N)C([Se]c1ccccc1)c1ccccc1C2=O. The molecule has 0 radical (unpaired) electrons. The summed E-state index contributed by atoms with van der Waals surface area (Å²) < 4.78 is 1.24. The van der Waals surface area contributed by atoms with Gasteiger partial charge in [0.2, 0.25) is 0 Å². The topological polar surface area (TPSA) is 40.9 Å². The number of benzene rings is 3. The standard InChI is InChI=1S/C23H17NOSe/c1-15-11-12-18-20(13-15)21(14-24)23(26-16-7-3-2-4-8-16)19-10-6-5-9-17(19)22(18)25/h2-13,21,23H,1H3. The van der Waals surface area contributed by atoms with E-state index in [-0.39, 0.29) is 31.5 Å². The summed E-state index contributed by atoms with van der Waals surface area (Å²) in [5.74, 6) is -0.292. The molecule has 0 N–H and O–H groups in total. The van der Waals surface area contributed by atoms with Crippen molar-refractivity contribution in [3.05, 3.63) is 101 Å². The van der Waals surface area contributed by atoms with Crippen LogP contribution in [0.4, 0.5) is 0 Å². The molecule has 0 saturated heterocycles. The maximum atomic E-state index is 13.2. The van der Waals surface area contributed by atoms with Gasteiger partial charge in [-0.15, -0.1) is 0 Å². The van der Waals surface area contributed by atoms with Crippen LogP contribution in [0, 0.1) is 18.3 Å². The molecule has 2 nitrogen and oxygen atoms in total. The Balaban J connectivity index is 1.94. The number of nitriles is 1. The van der Waals surface area contributed by atoms with Gasteiger partial charge >= 0.3 is 160 Å². The summed E-state index contributed by atoms with van der Waals surface area (Å²) >= 11 is 0.0450. The third kappa shape index (κ3) is 2.88. The van der Waals surface area contributed by atoms with Gasteiger partial charge in [-0.1, -0.05) is 0 Å². The van der Waals surface area contributed by atoms with Crippen molar-refractivity contribution in [3.8, 4) is 6.07 Å². The number of fused-ring (bicyclic) bond motifs is 2. The Morgan fingerprint density at radius 2 is 1.58 bits per heavy atom. The van der Waals surface area contributed by atoms with Crippen LogP contribution in [0.1, 0.15) is 43.3 Å². The van der Waals surface area contributed by atoms with Crippen LogP contribution in [0.3, 0.4) is 0 Å². The minimum absolute atomic E-state index is 0.0121. The van der Waals surface area contributed by atoms with Gasteiger partial charge in [0.1, 0.15) is 0 Å². The third-order valence-electron chi connectivity index (χ3n) is 4.75. The summed E-state index contributed by atoms with van der Waals surface area (Å²) in [5, 5.41) is 10.1. The molecule has 0 aliphatic heterocycles. The Morgan fingerprint density at radius 1 is 0.885 bits per heavy atom. The number of hydrogen-bond donors (Lipinski definition) is 0. The van der Waals surface area contributed by atoms with E-state index in [2.05, 4.69) is 18.2 Å². The van der Waals surface area contributed by atoms with Gasteiger partial charge in [-0.2, -0.15) is 0 Å². The van der Waals surface area contributed by atoms with Crippen molar-refractivity contribution in [2.24, 2.45) is 0 Å². The van der Waals surface area contributed by atoms with E-state index in [4.69, 9.17) is 0 Å². The van der Waals surface area contributed by atoms with Crippen LogP contribution in [0.25, 0.3) is 0 Å². The summed E-state index contributed by atoms with van der Waals surface area (Å²) in [6.07, 6.45) is 0. The molecule has 0 aromatic heterocycles. The zero-order valence-corrected chi connectivity index (χ0v) is 16.1. The predicted molar refractivity (Wildman–Crippen MR) is 104 cm³/mol. The number of hydrogen-bond acceptors (Lipinski definition) is 2. The van der Waals surface area contributed by atoms with E-state index in [0.717, 1.165) is 22.3 Å². The molecule has 3 heteroatoms. The summed E-state index contributed by atoms with van der Waals surface area (Å²) in [6, 6.07) is 26.5. The van der Waals surface area contributed by atoms with E-state index >= 15 is 0 Å².